The summed E-state index contributed by atoms with van der Waals surface area (Å²) in [5.74, 6) is -2.08. The maximum atomic E-state index is 13.3. The van der Waals surface area contributed by atoms with Gasteiger partial charge in [0.25, 0.3) is 12.0 Å². The molecule has 0 aliphatic carbocycles. The van der Waals surface area contributed by atoms with Crippen molar-refractivity contribution < 1.29 is 28.0 Å². The molecule has 0 spiro atoms. The van der Waals surface area contributed by atoms with E-state index in [1.54, 1.807) is 20.8 Å². The number of benzene rings is 1. The van der Waals surface area contributed by atoms with Gasteiger partial charge < -0.3 is 14.8 Å². The van der Waals surface area contributed by atoms with Crippen molar-refractivity contribution in [1.82, 2.24) is 0 Å². The molecule has 2 amide bonds. The molecule has 0 bridgehead atoms. The van der Waals surface area contributed by atoms with Gasteiger partial charge in [-0.1, -0.05) is 0 Å². The van der Waals surface area contributed by atoms with Crippen molar-refractivity contribution >= 4 is 17.7 Å². The predicted molar refractivity (Wildman–Crippen MR) is 73.9 cm³/mol. The van der Waals surface area contributed by atoms with E-state index in [-0.39, 0.29) is 25.3 Å². The first-order chi connectivity index (χ1) is 10.1. The SMILES string of the molecule is CC(C)(C)[N+]1(C(=O)[O-])CCN(c2cc(F)cc(F)c2)C(=O)C1. The summed E-state index contributed by atoms with van der Waals surface area (Å²) in [6.45, 7) is 4.99. The molecule has 1 aromatic carbocycles. The summed E-state index contributed by atoms with van der Waals surface area (Å²) in [5, 5.41) is 11.6. The Bertz CT molecular complexity index is 607. The van der Waals surface area contributed by atoms with Gasteiger partial charge in [-0.25, -0.2) is 8.78 Å². The maximum Gasteiger partial charge on any atom is 0.282 e. The number of piperazine rings is 1. The van der Waals surface area contributed by atoms with E-state index >= 15 is 0 Å². The molecular formula is C15H18F2N2O3. The maximum absolute atomic E-state index is 13.3. The number of carbonyl (C=O) groups is 2. The topological polar surface area (TPSA) is 60.4 Å². The first-order valence-electron chi connectivity index (χ1n) is 6.92. The van der Waals surface area contributed by atoms with Gasteiger partial charge in [-0.3, -0.25) is 9.28 Å². The molecule has 1 atom stereocenters. The van der Waals surface area contributed by atoms with E-state index in [2.05, 4.69) is 0 Å². The van der Waals surface area contributed by atoms with Crippen molar-refractivity contribution in [3.63, 3.8) is 0 Å². The van der Waals surface area contributed by atoms with Gasteiger partial charge in [0.15, 0.2) is 6.54 Å². The Morgan fingerprint density at radius 2 is 1.77 bits per heavy atom. The van der Waals surface area contributed by atoms with Gasteiger partial charge in [0, 0.05) is 11.8 Å². The molecule has 1 aliphatic heterocycles. The van der Waals surface area contributed by atoms with Crippen LogP contribution in [0, 0.1) is 11.6 Å². The average Bonchev–Trinajstić information content (AvgIpc) is 2.35. The van der Waals surface area contributed by atoms with Gasteiger partial charge in [-0.05, 0) is 32.9 Å². The molecule has 2 rings (SSSR count). The zero-order valence-electron chi connectivity index (χ0n) is 12.7. The number of amides is 2. The third kappa shape index (κ3) is 2.68. The lowest BCUT2D eigenvalue weighted by Gasteiger charge is -2.51. The Kier molecular flexibility index (Phi) is 3.95. The second kappa shape index (κ2) is 5.31. The molecule has 0 N–H and O–H groups in total. The number of rotatable bonds is 1. The molecule has 1 fully saturated rings. The van der Waals surface area contributed by atoms with Crippen LogP contribution in [0.2, 0.25) is 0 Å². The van der Waals surface area contributed by atoms with Crippen LogP contribution >= 0.6 is 0 Å². The Balaban J connectivity index is 2.33. The van der Waals surface area contributed by atoms with Gasteiger partial charge in [0.1, 0.15) is 18.2 Å². The summed E-state index contributed by atoms with van der Waals surface area (Å²) >= 11 is 0. The summed E-state index contributed by atoms with van der Waals surface area (Å²) < 4.78 is 26.1. The second-order valence-corrected chi connectivity index (χ2v) is 6.46. The number of hydrogen-bond acceptors (Lipinski definition) is 3. The van der Waals surface area contributed by atoms with Crippen LogP contribution in [0.1, 0.15) is 20.8 Å². The van der Waals surface area contributed by atoms with Gasteiger partial charge in [-0.15, -0.1) is 0 Å². The Hall–Kier alpha value is -2.02. The van der Waals surface area contributed by atoms with E-state index in [0.717, 1.165) is 12.1 Å². The molecule has 5 nitrogen and oxygen atoms in total. The molecule has 1 saturated heterocycles. The molecule has 7 heteroatoms. The molecule has 22 heavy (non-hydrogen) atoms. The van der Waals surface area contributed by atoms with Gasteiger partial charge >= 0.3 is 0 Å². The normalized spacial score (nSPS) is 22.8. The minimum atomic E-state index is -1.33. The number of hydrogen-bond donors (Lipinski definition) is 0. The molecule has 120 valence electrons. The lowest BCUT2D eigenvalue weighted by atomic mass is 9.99. The molecule has 1 unspecified atom stereocenters. The second-order valence-electron chi connectivity index (χ2n) is 6.46. The molecule has 1 heterocycles. The summed E-state index contributed by atoms with van der Waals surface area (Å²) in [5.41, 5.74) is -0.638. The molecule has 1 aromatic rings. The van der Waals surface area contributed by atoms with Crippen molar-refractivity contribution in [2.24, 2.45) is 0 Å². The van der Waals surface area contributed by atoms with Crippen LogP contribution in [0.4, 0.5) is 19.3 Å². The van der Waals surface area contributed by atoms with Crippen molar-refractivity contribution in [3.8, 4) is 0 Å². The van der Waals surface area contributed by atoms with Crippen LogP contribution < -0.4 is 10.0 Å². The van der Waals surface area contributed by atoms with Crippen LogP contribution in [-0.2, 0) is 4.79 Å². The number of carbonyl (C=O) groups excluding carboxylic acids is 2. The summed E-state index contributed by atoms with van der Waals surface area (Å²) in [6.07, 6.45) is -1.33. The standard InChI is InChI=1S/C15H18F2N2O3/c1-15(2,3)19(14(21)22)5-4-18(13(20)9-19)12-7-10(16)6-11(17)8-12/h6-8H,4-5,9H2,1-3H3. The third-order valence-corrected chi connectivity index (χ3v) is 4.20. The van der Waals surface area contributed by atoms with Gasteiger partial charge in [0.2, 0.25) is 0 Å². The van der Waals surface area contributed by atoms with Crippen LogP contribution in [0.25, 0.3) is 0 Å². The third-order valence-electron chi connectivity index (χ3n) is 4.20. The van der Waals surface area contributed by atoms with E-state index in [9.17, 15) is 23.5 Å². The highest BCUT2D eigenvalue weighted by molar-refractivity contribution is 5.95. The highest BCUT2D eigenvalue weighted by Gasteiger charge is 2.48. The minimum absolute atomic E-state index is 0.0486. The first-order valence-corrected chi connectivity index (χ1v) is 6.92. The fourth-order valence-corrected chi connectivity index (χ4v) is 2.76. The Labute approximate surface area is 127 Å². The number of nitrogens with zero attached hydrogens (tertiary/aromatic N) is 2. The lowest BCUT2D eigenvalue weighted by Crippen LogP contribution is -2.74. The van der Waals surface area contributed by atoms with E-state index in [4.69, 9.17) is 0 Å². The van der Waals surface area contributed by atoms with Gasteiger partial charge in [0.05, 0.1) is 12.1 Å². The van der Waals surface area contributed by atoms with Crippen molar-refractivity contribution in [3.05, 3.63) is 29.8 Å². The van der Waals surface area contributed by atoms with E-state index in [1.807, 2.05) is 0 Å². The Morgan fingerprint density at radius 1 is 1.23 bits per heavy atom. The largest absolute Gasteiger partial charge is 0.498 e. The quantitative estimate of drug-likeness (QED) is 0.734. The number of quaternary nitrogens is 1. The van der Waals surface area contributed by atoms with Crippen LogP contribution in [0.5, 0.6) is 0 Å². The van der Waals surface area contributed by atoms with Gasteiger partial charge in [-0.2, -0.15) is 0 Å². The average molecular weight is 312 g/mol. The molecule has 0 aromatic heterocycles. The monoisotopic (exact) mass is 312 g/mol. The fourth-order valence-electron chi connectivity index (χ4n) is 2.76. The zero-order valence-corrected chi connectivity index (χ0v) is 12.7. The summed E-state index contributed by atoms with van der Waals surface area (Å²) in [6, 6.07) is 2.82. The molecule has 0 radical (unpaired) electrons. The number of anilines is 1. The number of halogens is 2. The molecular weight excluding hydrogens is 294 g/mol. The summed E-state index contributed by atoms with van der Waals surface area (Å²) in [7, 11) is 0. The van der Waals surface area contributed by atoms with Crippen LogP contribution in [0.15, 0.2) is 18.2 Å². The Morgan fingerprint density at radius 3 is 2.18 bits per heavy atom. The van der Waals surface area contributed by atoms with Crippen LogP contribution in [0.3, 0.4) is 0 Å². The first kappa shape index (κ1) is 16.4. The van der Waals surface area contributed by atoms with E-state index in [0.29, 0.717) is 6.07 Å². The molecule has 0 saturated carbocycles. The smallest absolute Gasteiger partial charge is 0.282 e. The zero-order chi connectivity index (χ0) is 16.7. The van der Waals surface area contributed by atoms with Crippen LogP contribution in [-0.4, -0.2) is 41.7 Å². The fraction of sp³-hybridized carbons (Fsp3) is 0.467. The lowest BCUT2D eigenvalue weighted by molar-refractivity contribution is -0.913. The van der Waals surface area contributed by atoms with Crippen molar-refractivity contribution in [1.29, 1.82) is 0 Å². The summed E-state index contributed by atoms with van der Waals surface area (Å²) in [4.78, 5) is 25.2. The number of carboxylic acid groups (broad SMARTS) is 1. The predicted octanol–water partition coefficient (Wildman–Crippen LogP) is 1.27. The molecule has 1 aliphatic rings. The van der Waals surface area contributed by atoms with E-state index < -0.39 is 33.7 Å². The highest BCUT2D eigenvalue weighted by atomic mass is 19.1. The minimum Gasteiger partial charge on any atom is -0.498 e. The van der Waals surface area contributed by atoms with E-state index in [1.165, 1.54) is 4.90 Å². The van der Waals surface area contributed by atoms with Crippen molar-refractivity contribution in [2.45, 2.75) is 26.3 Å². The highest BCUT2D eigenvalue weighted by Crippen LogP contribution is 2.30. The van der Waals surface area contributed by atoms with Crippen molar-refractivity contribution in [2.75, 3.05) is 24.5 Å².